The molecule has 124 valence electrons. The van der Waals surface area contributed by atoms with Crippen LogP contribution in [0.1, 0.15) is 51.4 Å². The number of hydrogen-bond acceptors (Lipinski definition) is 4. The molecule has 4 saturated heterocycles. The van der Waals surface area contributed by atoms with Crippen molar-refractivity contribution in [3.05, 3.63) is 0 Å². The second-order valence-electron chi connectivity index (χ2n) is 7.97. The number of rotatable bonds is 1. The van der Waals surface area contributed by atoms with E-state index in [4.69, 9.17) is 11.0 Å². The highest BCUT2D eigenvalue weighted by molar-refractivity contribution is 4.99. The predicted molar refractivity (Wildman–Crippen MR) is 89.3 cm³/mol. The summed E-state index contributed by atoms with van der Waals surface area (Å²) in [5, 5.41) is 8.77. The number of fused-ring (bicyclic) bond motifs is 4. The van der Waals surface area contributed by atoms with E-state index in [1.54, 1.807) is 0 Å². The molecular formula is C18H32N4. The van der Waals surface area contributed by atoms with Crippen molar-refractivity contribution in [3.8, 4) is 6.07 Å². The van der Waals surface area contributed by atoms with E-state index >= 15 is 0 Å². The summed E-state index contributed by atoms with van der Waals surface area (Å²) in [6, 6.07) is 5.57. The van der Waals surface area contributed by atoms with Gasteiger partial charge in [0.05, 0.1) is 6.07 Å². The molecule has 4 heterocycles. The van der Waals surface area contributed by atoms with Crippen LogP contribution in [0, 0.1) is 23.2 Å². The van der Waals surface area contributed by atoms with Crippen LogP contribution in [-0.4, -0.2) is 54.6 Å². The lowest BCUT2D eigenvalue weighted by molar-refractivity contribution is 0.137. The summed E-state index contributed by atoms with van der Waals surface area (Å²) < 4.78 is 0. The van der Waals surface area contributed by atoms with Crippen molar-refractivity contribution in [2.45, 2.75) is 75.5 Å². The molecule has 0 aromatic carbocycles. The zero-order valence-corrected chi connectivity index (χ0v) is 14.2. The summed E-state index contributed by atoms with van der Waals surface area (Å²) in [5.41, 5.74) is 5.68. The molecule has 4 unspecified atom stereocenters. The minimum Gasteiger partial charge on any atom is -0.330 e. The normalized spacial score (nSPS) is 44.3. The Balaban J connectivity index is 0.000000131. The van der Waals surface area contributed by atoms with Crippen LogP contribution in [0.5, 0.6) is 0 Å². The molecule has 2 N–H and O–H groups in total. The minimum atomic E-state index is 0.351. The monoisotopic (exact) mass is 304 g/mol. The number of nitrogens with zero attached hydrogens (tertiary/aromatic N) is 3. The van der Waals surface area contributed by atoms with E-state index in [9.17, 15) is 0 Å². The van der Waals surface area contributed by atoms with E-state index in [-0.39, 0.29) is 0 Å². The molecule has 4 fully saturated rings. The highest BCUT2D eigenvalue weighted by Crippen LogP contribution is 2.37. The topological polar surface area (TPSA) is 56.3 Å². The average Bonchev–Trinajstić information content (AvgIpc) is 2.90. The Morgan fingerprint density at radius 2 is 1.27 bits per heavy atom. The van der Waals surface area contributed by atoms with Gasteiger partial charge in [-0.25, -0.2) is 0 Å². The predicted octanol–water partition coefficient (Wildman–Crippen LogP) is 2.20. The molecule has 4 nitrogen and oxygen atoms in total. The zero-order chi connectivity index (χ0) is 15.7. The van der Waals surface area contributed by atoms with E-state index in [1.165, 1.54) is 38.5 Å². The Morgan fingerprint density at radius 3 is 1.64 bits per heavy atom. The first kappa shape index (κ1) is 16.2. The van der Waals surface area contributed by atoms with Gasteiger partial charge in [0.15, 0.2) is 0 Å². The molecule has 4 aliphatic rings. The first-order valence-electron chi connectivity index (χ1n) is 9.15. The fourth-order valence-electron chi connectivity index (χ4n) is 5.23. The summed E-state index contributed by atoms with van der Waals surface area (Å²) in [6.07, 6.45) is 10.4. The molecule has 4 heteroatoms. The quantitative estimate of drug-likeness (QED) is 0.807. The van der Waals surface area contributed by atoms with Crippen LogP contribution in [0.4, 0.5) is 0 Å². The van der Waals surface area contributed by atoms with E-state index in [2.05, 4.69) is 30.0 Å². The Hall–Kier alpha value is -0.630. The van der Waals surface area contributed by atoms with E-state index in [1.807, 2.05) is 0 Å². The van der Waals surface area contributed by atoms with Crippen molar-refractivity contribution < 1.29 is 0 Å². The van der Waals surface area contributed by atoms with Crippen LogP contribution in [0.15, 0.2) is 0 Å². The lowest BCUT2D eigenvalue weighted by Gasteiger charge is -2.35. The number of hydrogen-bond donors (Lipinski definition) is 1. The van der Waals surface area contributed by atoms with E-state index in [0.717, 1.165) is 49.5 Å². The SMILES string of the molecule is CN1C2CCC1CC(C#N)C2.CN1C2CCC1CC(CN)C2. The molecule has 22 heavy (non-hydrogen) atoms. The van der Waals surface area contributed by atoms with Crippen molar-refractivity contribution >= 4 is 0 Å². The largest absolute Gasteiger partial charge is 0.330 e. The average molecular weight is 304 g/mol. The van der Waals surface area contributed by atoms with Crippen LogP contribution in [0.3, 0.4) is 0 Å². The summed E-state index contributed by atoms with van der Waals surface area (Å²) in [4.78, 5) is 5.03. The Bertz CT molecular complexity index is 390. The minimum absolute atomic E-state index is 0.351. The first-order chi connectivity index (χ1) is 10.6. The third-order valence-electron chi connectivity index (χ3n) is 6.81. The highest BCUT2D eigenvalue weighted by atomic mass is 15.2. The number of piperidine rings is 2. The summed E-state index contributed by atoms with van der Waals surface area (Å²) in [6.45, 7) is 0.904. The lowest BCUT2D eigenvalue weighted by atomic mass is 9.91. The van der Waals surface area contributed by atoms with Gasteiger partial charge in [-0.15, -0.1) is 0 Å². The molecule has 4 aliphatic heterocycles. The fourth-order valence-corrected chi connectivity index (χ4v) is 5.23. The standard InChI is InChI=1S/C9H18N2.C9H14N2/c2*1-11-8-2-3-9(11)5-7(4-8)6-10/h7-9H,2-6,10H2,1H3;7-9H,2-5H2,1H3. The Kier molecular flexibility index (Phi) is 5.07. The van der Waals surface area contributed by atoms with E-state index in [0.29, 0.717) is 5.92 Å². The smallest absolute Gasteiger partial charge is 0.0657 e. The molecule has 4 rings (SSSR count). The van der Waals surface area contributed by atoms with Gasteiger partial charge in [0, 0.05) is 30.1 Å². The van der Waals surface area contributed by atoms with Gasteiger partial charge in [-0.05, 0) is 77.9 Å². The number of nitrogens with two attached hydrogens (primary N) is 1. The summed E-state index contributed by atoms with van der Waals surface area (Å²) in [7, 11) is 4.48. The molecule has 0 spiro atoms. The van der Waals surface area contributed by atoms with Gasteiger partial charge in [0.25, 0.3) is 0 Å². The molecule has 4 bridgehead atoms. The maximum absolute atomic E-state index is 8.77. The number of nitriles is 1. The molecule has 0 aromatic rings. The Morgan fingerprint density at radius 1 is 0.864 bits per heavy atom. The second-order valence-corrected chi connectivity index (χ2v) is 7.97. The highest BCUT2D eigenvalue weighted by Gasteiger charge is 2.38. The van der Waals surface area contributed by atoms with Crippen LogP contribution in [0.25, 0.3) is 0 Å². The van der Waals surface area contributed by atoms with Crippen LogP contribution in [0.2, 0.25) is 0 Å². The molecule has 0 saturated carbocycles. The fraction of sp³-hybridized carbons (Fsp3) is 0.944. The second kappa shape index (κ2) is 6.86. The lowest BCUT2D eigenvalue weighted by Crippen LogP contribution is -2.41. The first-order valence-corrected chi connectivity index (χ1v) is 9.15. The molecule has 4 atom stereocenters. The van der Waals surface area contributed by atoms with Gasteiger partial charge >= 0.3 is 0 Å². The van der Waals surface area contributed by atoms with Gasteiger partial charge in [-0.1, -0.05) is 0 Å². The van der Waals surface area contributed by atoms with Crippen LogP contribution < -0.4 is 5.73 Å². The van der Waals surface area contributed by atoms with Gasteiger partial charge in [-0.2, -0.15) is 5.26 Å². The molecule has 0 aromatic heterocycles. The Labute approximate surface area is 135 Å². The summed E-state index contributed by atoms with van der Waals surface area (Å²) >= 11 is 0. The van der Waals surface area contributed by atoms with Gasteiger partial charge in [0.2, 0.25) is 0 Å². The molecule has 0 amide bonds. The van der Waals surface area contributed by atoms with Crippen LogP contribution in [-0.2, 0) is 0 Å². The van der Waals surface area contributed by atoms with Gasteiger partial charge < -0.3 is 15.5 Å². The third kappa shape index (κ3) is 3.18. The third-order valence-corrected chi connectivity index (χ3v) is 6.81. The van der Waals surface area contributed by atoms with Gasteiger partial charge in [0.1, 0.15) is 0 Å². The van der Waals surface area contributed by atoms with Crippen molar-refractivity contribution in [2.75, 3.05) is 20.6 Å². The van der Waals surface area contributed by atoms with Crippen molar-refractivity contribution in [1.29, 1.82) is 5.26 Å². The van der Waals surface area contributed by atoms with Crippen molar-refractivity contribution in [3.63, 3.8) is 0 Å². The van der Waals surface area contributed by atoms with Crippen molar-refractivity contribution in [1.82, 2.24) is 9.80 Å². The maximum Gasteiger partial charge on any atom is 0.0657 e. The summed E-state index contributed by atoms with van der Waals surface area (Å²) in [5.74, 6) is 1.17. The van der Waals surface area contributed by atoms with Gasteiger partial charge in [-0.3, -0.25) is 0 Å². The van der Waals surface area contributed by atoms with E-state index < -0.39 is 0 Å². The maximum atomic E-state index is 8.77. The molecular weight excluding hydrogens is 272 g/mol. The van der Waals surface area contributed by atoms with Crippen LogP contribution >= 0.6 is 0 Å². The van der Waals surface area contributed by atoms with Crippen molar-refractivity contribution in [2.24, 2.45) is 17.6 Å². The molecule has 0 aliphatic carbocycles. The molecule has 0 radical (unpaired) electrons. The zero-order valence-electron chi connectivity index (χ0n) is 14.2.